The number of carbonyl (C=O) groups excluding carboxylic acids is 1. The Morgan fingerprint density at radius 3 is 2.30 bits per heavy atom. The number of hydrogen-bond donors (Lipinski definition) is 0. The summed E-state index contributed by atoms with van der Waals surface area (Å²) in [5.74, 6) is 0. The first-order chi connectivity index (χ1) is 4.92. The molecule has 2 bridgehead atoms. The summed E-state index contributed by atoms with van der Waals surface area (Å²) in [5.41, 5.74) is 0. The van der Waals surface area contributed by atoms with E-state index in [9.17, 15) is 4.79 Å². The second-order valence-electron chi connectivity index (χ2n) is 2.98. The van der Waals surface area contributed by atoms with Gasteiger partial charge in [-0.2, -0.15) is 0 Å². The highest BCUT2D eigenvalue weighted by Crippen LogP contribution is 2.26. The molecule has 2 unspecified atom stereocenters. The molecule has 0 aromatic heterocycles. The molecule has 56 valence electrons. The van der Waals surface area contributed by atoms with Crippen LogP contribution in [0.5, 0.6) is 0 Å². The van der Waals surface area contributed by atoms with E-state index in [1.807, 2.05) is 4.90 Å². The zero-order chi connectivity index (χ0) is 6.97. The Bertz CT molecular complexity index is 133. The fraction of sp³-hybridized carbons (Fsp3) is 0.857. The number of carbonyl (C=O) groups is 1. The molecule has 3 nitrogen and oxygen atoms in total. The smallest absolute Gasteiger partial charge is 0.210 e. The molecule has 1 amide bonds. The Labute approximate surface area is 60.0 Å². The molecule has 0 spiro atoms. The van der Waals surface area contributed by atoms with E-state index in [0.717, 1.165) is 32.5 Å². The van der Waals surface area contributed by atoms with Gasteiger partial charge in [-0.05, 0) is 12.8 Å². The van der Waals surface area contributed by atoms with Crippen molar-refractivity contribution in [3.63, 3.8) is 0 Å². The molecule has 2 fully saturated rings. The molecule has 3 heteroatoms. The summed E-state index contributed by atoms with van der Waals surface area (Å²) in [6, 6.07) is 0.771. The maximum absolute atomic E-state index is 10.5. The first-order valence-electron chi connectivity index (χ1n) is 3.72. The molecule has 0 aromatic rings. The summed E-state index contributed by atoms with van der Waals surface area (Å²) in [6.45, 7) is 1.49. The van der Waals surface area contributed by atoms with E-state index in [1.54, 1.807) is 0 Å². The van der Waals surface area contributed by atoms with Gasteiger partial charge in [-0.25, -0.2) is 0 Å². The lowest BCUT2D eigenvalue weighted by Gasteiger charge is -2.30. The number of morpholine rings is 1. The summed E-state index contributed by atoms with van der Waals surface area (Å²) in [4.78, 5) is 12.4. The molecular formula is C7H11NO2. The van der Waals surface area contributed by atoms with Gasteiger partial charge in [-0.3, -0.25) is 4.79 Å². The molecule has 2 heterocycles. The van der Waals surface area contributed by atoms with Gasteiger partial charge < -0.3 is 9.64 Å². The highest BCUT2D eigenvalue weighted by molar-refractivity contribution is 5.49. The van der Waals surface area contributed by atoms with Crippen molar-refractivity contribution in [2.75, 3.05) is 13.2 Å². The molecule has 2 saturated heterocycles. The summed E-state index contributed by atoms with van der Waals surface area (Å²) >= 11 is 0. The molecule has 0 aromatic carbocycles. The maximum Gasteiger partial charge on any atom is 0.210 e. The lowest BCUT2D eigenvalue weighted by Crippen LogP contribution is -2.44. The topological polar surface area (TPSA) is 29.5 Å². The third-order valence-electron chi connectivity index (χ3n) is 2.42. The monoisotopic (exact) mass is 141 g/mol. The lowest BCUT2D eigenvalue weighted by molar-refractivity contribution is -0.127. The van der Waals surface area contributed by atoms with Crippen molar-refractivity contribution in [3.8, 4) is 0 Å². The van der Waals surface area contributed by atoms with E-state index in [2.05, 4.69) is 0 Å². The Balaban J connectivity index is 2.13. The van der Waals surface area contributed by atoms with Crippen LogP contribution in [-0.4, -0.2) is 36.6 Å². The van der Waals surface area contributed by atoms with Gasteiger partial charge in [0.25, 0.3) is 0 Å². The predicted octanol–water partition coefficient (Wildman–Crippen LogP) is 0.00600. The first-order valence-corrected chi connectivity index (χ1v) is 3.72. The fourth-order valence-corrected chi connectivity index (χ4v) is 1.83. The van der Waals surface area contributed by atoms with Crippen LogP contribution in [0.2, 0.25) is 0 Å². The van der Waals surface area contributed by atoms with Gasteiger partial charge in [0, 0.05) is 0 Å². The zero-order valence-corrected chi connectivity index (χ0v) is 5.82. The van der Waals surface area contributed by atoms with Crippen molar-refractivity contribution >= 4 is 6.41 Å². The SMILES string of the molecule is O=CN1C2CCC1COC2. The molecule has 2 aliphatic heterocycles. The van der Waals surface area contributed by atoms with E-state index in [-0.39, 0.29) is 0 Å². The molecule has 2 atom stereocenters. The molecular weight excluding hydrogens is 130 g/mol. The predicted molar refractivity (Wildman–Crippen MR) is 35.5 cm³/mol. The second-order valence-corrected chi connectivity index (χ2v) is 2.98. The van der Waals surface area contributed by atoms with Gasteiger partial charge in [0.15, 0.2) is 0 Å². The van der Waals surface area contributed by atoms with E-state index < -0.39 is 0 Å². The van der Waals surface area contributed by atoms with Crippen molar-refractivity contribution in [1.29, 1.82) is 0 Å². The Hall–Kier alpha value is -0.570. The largest absolute Gasteiger partial charge is 0.377 e. The minimum Gasteiger partial charge on any atom is -0.377 e. The maximum atomic E-state index is 10.5. The minimum atomic E-state index is 0.385. The molecule has 2 rings (SSSR count). The third-order valence-corrected chi connectivity index (χ3v) is 2.42. The average molecular weight is 141 g/mol. The molecule has 0 N–H and O–H groups in total. The molecule has 0 radical (unpaired) electrons. The second kappa shape index (κ2) is 2.23. The van der Waals surface area contributed by atoms with E-state index >= 15 is 0 Å². The minimum absolute atomic E-state index is 0.385. The van der Waals surface area contributed by atoms with Crippen molar-refractivity contribution in [1.82, 2.24) is 4.90 Å². The molecule has 0 saturated carbocycles. The third kappa shape index (κ3) is 0.736. The highest BCUT2D eigenvalue weighted by atomic mass is 16.5. The molecule has 0 aliphatic carbocycles. The van der Waals surface area contributed by atoms with Crippen LogP contribution >= 0.6 is 0 Å². The normalized spacial score (nSPS) is 38.2. The van der Waals surface area contributed by atoms with Gasteiger partial charge in [0.2, 0.25) is 6.41 Å². The molecule has 10 heavy (non-hydrogen) atoms. The molecule has 2 aliphatic rings. The van der Waals surface area contributed by atoms with Gasteiger partial charge in [-0.15, -0.1) is 0 Å². The van der Waals surface area contributed by atoms with Gasteiger partial charge in [0.05, 0.1) is 25.3 Å². The Morgan fingerprint density at radius 2 is 1.90 bits per heavy atom. The quantitative estimate of drug-likeness (QED) is 0.481. The van der Waals surface area contributed by atoms with Crippen LogP contribution in [0.4, 0.5) is 0 Å². The van der Waals surface area contributed by atoms with Crippen LogP contribution < -0.4 is 0 Å². The van der Waals surface area contributed by atoms with Crippen LogP contribution in [-0.2, 0) is 9.53 Å². The number of hydrogen-bond acceptors (Lipinski definition) is 2. The first kappa shape index (κ1) is 6.16. The number of fused-ring (bicyclic) bond motifs is 2. The summed E-state index contributed by atoms with van der Waals surface area (Å²) in [5, 5.41) is 0. The number of amides is 1. The summed E-state index contributed by atoms with van der Waals surface area (Å²) < 4.78 is 5.29. The van der Waals surface area contributed by atoms with Crippen LogP contribution in [0.25, 0.3) is 0 Å². The number of rotatable bonds is 1. The number of nitrogens with zero attached hydrogens (tertiary/aromatic N) is 1. The van der Waals surface area contributed by atoms with Crippen LogP contribution in [0, 0.1) is 0 Å². The van der Waals surface area contributed by atoms with E-state index in [1.165, 1.54) is 0 Å². The van der Waals surface area contributed by atoms with Crippen molar-refractivity contribution in [2.24, 2.45) is 0 Å². The van der Waals surface area contributed by atoms with Crippen molar-refractivity contribution in [2.45, 2.75) is 24.9 Å². The fourth-order valence-electron chi connectivity index (χ4n) is 1.83. The van der Waals surface area contributed by atoms with E-state index in [4.69, 9.17) is 4.74 Å². The standard InChI is InChI=1S/C7H11NO2/c9-5-8-6-1-2-7(8)4-10-3-6/h5-7H,1-4H2. The van der Waals surface area contributed by atoms with Gasteiger partial charge in [-0.1, -0.05) is 0 Å². The van der Waals surface area contributed by atoms with Crippen LogP contribution in [0.3, 0.4) is 0 Å². The highest BCUT2D eigenvalue weighted by Gasteiger charge is 2.35. The Morgan fingerprint density at radius 1 is 1.30 bits per heavy atom. The van der Waals surface area contributed by atoms with E-state index in [0.29, 0.717) is 12.1 Å². The Kier molecular flexibility index (Phi) is 1.38. The zero-order valence-electron chi connectivity index (χ0n) is 5.82. The van der Waals surface area contributed by atoms with Gasteiger partial charge in [0.1, 0.15) is 0 Å². The number of ether oxygens (including phenoxy) is 1. The summed E-state index contributed by atoms with van der Waals surface area (Å²) in [6.07, 6.45) is 3.22. The van der Waals surface area contributed by atoms with Crippen LogP contribution in [0.15, 0.2) is 0 Å². The average Bonchev–Trinajstić information content (AvgIpc) is 2.19. The van der Waals surface area contributed by atoms with Crippen LogP contribution in [0.1, 0.15) is 12.8 Å². The summed E-state index contributed by atoms with van der Waals surface area (Å²) in [7, 11) is 0. The van der Waals surface area contributed by atoms with Crippen molar-refractivity contribution in [3.05, 3.63) is 0 Å². The van der Waals surface area contributed by atoms with Gasteiger partial charge >= 0.3 is 0 Å². The lowest BCUT2D eigenvalue weighted by atomic mass is 10.2. The van der Waals surface area contributed by atoms with Crippen molar-refractivity contribution < 1.29 is 9.53 Å².